The Balaban J connectivity index is 1.99. The molecule has 0 aromatic heterocycles. The number of rotatable bonds is 2. The number of carbonyl (C=O) groups excluding carboxylic acids is 1. The Morgan fingerprint density at radius 1 is 1.35 bits per heavy atom. The highest BCUT2D eigenvalue weighted by molar-refractivity contribution is 5.80. The number of nitrogens with zero attached hydrogens (tertiary/aromatic N) is 2. The molecule has 0 spiro atoms. The van der Waals surface area contributed by atoms with E-state index in [-0.39, 0.29) is 17.9 Å². The molecule has 3 unspecified atom stereocenters. The summed E-state index contributed by atoms with van der Waals surface area (Å²) in [6.45, 7) is 6.09. The van der Waals surface area contributed by atoms with Gasteiger partial charge in [-0.05, 0) is 21.0 Å². The maximum absolute atomic E-state index is 12.5. The number of likely N-dealkylation sites (N-methyl/N-ethyl adjacent to an activating group) is 2. The van der Waals surface area contributed by atoms with Gasteiger partial charge in [-0.1, -0.05) is 0 Å². The van der Waals surface area contributed by atoms with Crippen molar-refractivity contribution < 1.29 is 9.53 Å². The predicted octanol–water partition coefficient (Wildman–Crippen LogP) is -0.617. The molecule has 0 radical (unpaired) electrons. The van der Waals surface area contributed by atoms with Crippen LogP contribution in [0.4, 0.5) is 0 Å². The lowest BCUT2D eigenvalue weighted by molar-refractivity contribution is -0.140. The van der Waals surface area contributed by atoms with E-state index < -0.39 is 0 Å². The first kappa shape index (κ1) is 12.8. The maximum Gasteiger partial charge on any atom is 0.230 e. The second-order valence-electron chi connectivity index (χ2n) is 5.18. The van der Waals surface area contributed by atoms with E-state index in [4.69, 9.17) is 4.74 Å². The minimum absolute atomic E-state index is 0.00847. The smallest absolute Gasteiger partial charge is 0.230 e. The van der Waals surface area contributed by atoms with E-state index in [0.717, 1.165) is 19.6 Å². The second kappa shape index (κ2) is 5.33. The third kappa shape index (κ3) is 2.61. The highest BCUT2D eigenvalue weighted by Gasteiger charge is 2.38. The van der Waals surface area contributed by atoms with Crippen LogP contribution < -0.4 is 5.32 Å². The van der Waals surface area contributed by atoms with Gasteiger partial charge < -0.3 is 19.9 Å². The normalized spacial score (nSPS) is 35.2. The molecule has 2 aliphatic rings. The van der Waals surface area contributed by atoms with E-state index in [2.05, 4.69) is 24.2 Å². The van der Waals surface area contributed by atoms with Gasteiger partial charge in [-0.3, -0.25) is 4.79 Å². The molecule has 0 aromatic rings. The molecule has 0 aromatic carbocycles. The van der Waals surface area contributed by atoms with Crippen LogP contribution in [0.15, 0.2) is 0 Å². The van der Waals surface area contributed by atoms with E-state index >= 15 is 0 Å². The number of ether oxygens (including phenoxy) is 1. The molecule has 5 nitrogen and oxygen atoms in total. The number of hydrogen-bond donors (Lipinski definition) is 1. The Bertz CT molecular complexity index is 285. The molecule has 2 aliphatic heterocycles. The van der Waals surface area contributed by atoms with E-state index in [9.17, 15) is 4.79 Å². The van der Waals surface area contributed by atoms with Gasteiger partial charge in [-0.25, -0.2) is 0 Å². The van der Waals surface area contributed by atoms with Gasteiger partial charge in [0.2, 0.25) is 5.91 Å². The number of nitrogens with one attached hydrogen (secondary N) is 1. The largest absolute Gasteiger partial charge is 0.379 e. The van der Waals surface area contributed by atoms with Crippen molar-refractivity contribution in [2.75, 3.05) is 46.9 Å². The van der Waals surface area contributed by atoms with Crippen LogP contribution in [0.1, 0.15) is 6.92 Å². The molecular weight excluding hydrogens is 218 g/mol. The fraction of sp³-hybridized carbons (Fsp3) is 0.917. The first-order valence-corrected chi connectivity index (χ1v) is 6.37. The molecule has 2 fully saturated rings. The molecule has 2 saturated heterocycles. The van der Waals surface area contributed by atoms with Crippen LogP contribution in [0.2, 0.25) is 0 Å². The SMILES string of the molecule is CNC1COCC1C(=O)N1CCN(C)CC1C. The van der Waals surface area contributed by atoms with Crippen molar-refractivity contribution in [2.24, 2.45) is 5.92 Å². The van der Waals surface area contributed by atoms with Crippen molar-refractivity contribution in [2.45, 2.75) is 19.0 Å². The van der Waals surface area contributed by atoms with E-state index in [1.165, 1.54) is 0 Å². The van der Waals surface area contributed by atoms with Crippen molar-refractivity contribution in [1.29, 1.82) is 0 Å². The Kier molecular flexibility index (Phi) is 4.01. The Labute approximate surface area is 103 Å². The Hall–Kier alpha value is -0.650. The first-order valence-electron chi connectivity index (χ1n) is 6.37. The van der Waals surface area contributed by atoms with Gasteiger partial charge in [-0.2, -0.15) is 0 Å². The first-order chi connectivity index (χ1) is 8.13. The zero-order valence-corrected chi connectivity index (χ0v) is 11.0. The summed E-state index contributed by atoms with van der Waals surface area (Å²) in [5.74, 6) is 0.244. The van der Waals surface area contributed by atoms with Gasteiger partial charge in [0, 0.05) is 31.7 Å². The second-order valence-corrected chi connectivity index (χ2v) is 5.18. The summed E-state index contributed by atoms with van der Waals surface area (Å²) in [6, 6.07) is 0.480. The number of carbonyl (C=O) groups is 1. The summed E-state index contributed by atoms with van der Waals surface area (Å²) < 4.78 is 5.41. The van der Waals surface area contributed by atoms with Crippen LogP contribution in [-0.4, -0.2) is 74.7 Å². The molecule has 3 atom stereocenters. The summed E-state index contributed by atoms with van der Waals surface area (Å²) in [4.78, 5) is 16.8. The van der Waals surface area contributed by atoms with Gasteiger partial charge in [0.15, 0.2) is 0 Å². The molecule has 0 aliphatic carbocycles. The lowest BCUT2D eigenvalue weighted by Crippen LogP contribution is -2.56. The summed E-state index contributed by atoms with van der Waals surface area (Å²) in [5.41, 5.74) is 0. The van der Waals surface area contributed by atoms with Crippen molar-refractivity contribution in [1.82, 2.24) is 15.1 Å². The van der Waals surface area contributed by atoms with Crippen LogP contribution >= 0.6 is 0 Å². The molecule has 1 N–H and O–H groups in total. The summed E-state index contributed by atoms with van der Waals surface area (Å²) in [7, 11) is 4.00. The van der Waals surface area contributed by atoms with Gasteiger partial charge in [0.1, 0.15) is 0 Å². The summed E-state index contributed by atoms with van der Waals surface area (Å²) in [6.07, 6.45) is 0. The molecule has 2 rings (SSSR count). The van der Waals surface area contributed by atoms with Crippen molar-refractivity contribution >= 4 is 5.91 Å². The predicted molar refractivity (Wildman–Crippen MR) is 65.8 cm³/mol. The average Bonchev–Trinajstić information content (AvgIpc) is 2.76. The Morgan fingerprint density at radius 3 is 2.76 bits per heavy atom. The zero-order chi connectivity index (χ0) is 12.4. The van der Waals surface area contributed by atoms with E-state index in [1.54, 1.807) is 0 Å². The highest BCUT2D eigenvalue weighted by atomic mass is 16.5. The lowest BCUT2D eigenvalue weighted by atomic mass is 10.0. The quantitative estimate of drug-likeness (QED) is 0.700. The van der Waals surface area contributed by atoms with E-state index in [1.807, 2.05) is 11.9 Å². The van der Waals surface area contributed by atoms with Crippen LogP contribution in [0.3, 0.4) is 0 Å². The number of amides is 1. The highest BCUT2D eigenvalue weighted by Crippen LogP contribution is 2.19. The third-order valence-electron chi connectivity index (χ3n) is 3.88. The van der Waals surface area contributed by atoms with Gasteiger partial charge in [0.05, 0.1) is 19.1 Å². The molecule has 98 valence electrons. The summed E-state index contributed by atoms with van der Waals surface area (Å²) >= 11 is 0. The van der Waals surface area contributed by atoms with Crippen LogP contribution in [0, 0.1) is 5.92 Å². The average molecular weight is 241 g/mol. The molecule has 0 bridgehead atoms. The topological polar surface area (TPSA) is 44.8 Å². The van der Waals surface area contributed by atoms with Crippen molar-refractivity contribution in [3.63, 3.8) is 0 Å². The van der Waals surface area contributed by atoms with Gasteiger partial charge in [0.25, 0.3) is 0 Å². The third-order valence-corrected chi connectivity index (χ3v) is 3.88. The minimum atomic E-state index is -0.00847. The summed E-state index contributed by atoms with van der Waals surface area (Å²) in [5, 5.41) is 3.17. The lowest BCUT2D eigenvalue weighted by Gasteiger charge is -2.39. The van der Waals surface area contributed by atoms with Crippen molar-refractivity contribution in [3.8, 4) is 0 Å². The molecule has 0 saturated carbocycles. The molecule has 1 amide bonds. The molecule has 17 heavy (non-hydrogen) atoms. The molecular formula is C12H23N3O2. The molecule has 2 heterocycles. The fourth-order valence-corrected chi connectivity index (χ4v) is 2.76. The fourth-order valence-electron chi connectivity index (χ4n) is 2.76. The molecule has 5 heteroatoms. The number of hydrogen-bond acceptors (Lipinski definition) is 4. The minimum Gasteiger partial charge on any atom is -0.379 e. The van der Waals surface area contributed by atoms with Crippen LogP contribution in [0.25, 0.3) is 0 Å². The van der Waals surface area contributed by atoms with Crippen LogP contribution in [-0.2, 0) is 9.53 Å². The Morgan fingerprint density at radius 2 is 2.12 bits per heavy atom. The van der Waals surface area contributed by atoms with Crippen LogP contribution in [0.5, 0.6) is 0 Å². The zero-order valence-electron chi connectivity index (χ0n) is 11.0. The van der Waals surface area contributed by atoms with Crippen molar-refractivity contribution in [3.05, 3.63) is 0 Å². The van der Waals surface area contributed by atoms with Gasteiger partial charge in [-0.15, -0.1) is 0 Å². The number of piperazine rings is 1. The standard InChI is InChI=1S/C12H23N3O2/c1-9-6-14(3)4-5-15(9)12(16)10-7-17-8-11(10)13-2/h9-11,13H,4-8H2,1-3H3. The maximum atomic E-state index is 12.5. The van der Waals surface area contributed by atoms with Gasteiger partial charge >= 0.3 is 0 Å². The van der Waals surface area contributed by atoms with E-state index in [0.29, 0.717) is 19.3 Å². The monoisotopic (exact) mass is 241 g/mol.